The number of aryl methyl sites for hydroxylation is 1. The SMILES string of the molecule is C=C(C)[C@@H]1CCC(C)=C[C@H]1c1c(O)cc(CCCCC)cc1OC(=O)C1(OP(=O)([O-])OCc2ccccc2)CCC1. The zero-order valence-electron chi connectivity index (χ0n) is 24.4. The Kier molecular flexibility index (Phi) is 10.3. The monoisotopic (exact) mass is 581 g/mol. The van der Waals surface area contributed by atoms with Gasteiger partial charge in [0.2, 0.25) is 0 Å². The highest BCUT2D eigenvalue weighted by atomic mass is 31.2. The third-order valence-corrected chi connectivity index (χ3v) is 9.24. The summed E-state index contributed by atoms with van der Waals surface area (Å²) in [4.78, 5) is 26.5. The lowest BCUT2D eigenvalue weighted by Gasteiger charge is -2.42. The van der Waals surface area contributed by atoms with E-state index in [0.717, 1.165) is 49.7 Å². The minimum atomic E-state index is -4.83. The quantitative estimate of drug-likeness (QED) is 0.0851. The first-order valence-electron chi connectivity index (χ1n) is 14.6. The number of phenols is 1. The predicted octanol–water partition coefficient (Wildman–Crippen LogP) is 7.67. The number of phenolic OH excluding ortho intramolecular Hbond substituents is 1. The molecular weight excluding hydrogens is 539 g/mol. The molecule has 0 amide bonds. The largest absolute Gasteiger partial charge is 0.756 e. The van der Waals surface area contributed by atoms with E-state index in [9.17, 15) is 19.4 Å². The Hall–Kier alpha value is -2.70. The van der Waals surface area contributed by atoms with Gasteiger partial charge in [-0.1, -0.05) is 73.9 Å². The standard InChI is InChI=1S/C33H43O7P/c1-5-6-8-14-26-20-29(34)31(28-19-24(4)15-16-27(28)23(2)3)30(21-26)39-32(35)33(17-11-18-33)40-41(36,37)38-22-25-12-9-7-10-13-25/h7,9-10,12-13,19-21,27-28,34H,2,5-6,8,11,14-18,22H2,1,3-4H3,(H,36,37)/p-1/t27-,28+/m0/s1. The van der Waals surface area contributed by atoms with Crippen molar-refractivity contribution in [3.63, 3.8) is 0 Å². The van der Waals surface area contributed by atoms with Crippen LogP contribution in [0.2, 0.25) is 0 Å². The smallest absolute Gasteiger partial charge is 0.344 e. The summed E-state index contributed by atoms with van der Waals surface area (Å²) in [5.41, 5.74) is 2.56. The molecule has 0 bridgehead atoms. The Bertz CT molecular complexity index is 1310. The number of ether oxygens (including phenoxy) is 1. The Labute approximate surface area is 243 Å². The van der Waals surface area contributed by atoms with Gasteiger partial charge in [-0.2, -0.15) is 0 Å². The molecule has 1 saturated carbocycles. The Morgan fingerprint density at radius 1 is 1.17 bits per heavy atom. The van der Waals surface area contributed by atoms with Crippen LogP contribution in [-0.2, 0) is 31.4 Å². The molecule has 0 heterocycles. The number of hydrogen-bond acceptors (Lipinski definition) is 7. The van der Waals surface area contributed by atoms with Crippen LogP contribution in [0.4, 0.5) is 0 Å². The fraction of sp³-hybridized carbons (Fsp3) is 0.485. The maximum absolute atomic E-state index is 13.7. The predicted molar refractivity (Wildman–Crippen MR) is 158 cm³/mol. The summed E-state index contributed by atoms with van der Waals surface area (Å²) in [7, 11) is -4.83. The number of carbonyl (C=O) groups excluding carboxylic acids is 1. The van der Waals surface area contributed by atoms with Crippen LogP contribution in [0.5, 0.6) is 11.5 Å². The molecule has 2 aliphatic rings. The number of allylic oxidation sites excluding steroid dienone is 3. The van der Waals surface area contributed by atoms with Crippen molar-refractivity contribution in [2.45, 2.75) is 96.7 Å². The second-order valence-electron chi connectivity index (χ2n) is 11.5. The molecule has 222 valence electrons. The van der Waals surface area contributed by atoms with Crippen molar-refractivity contribution in [3.8, 4) is 11.5 Å². The molecule has 0 saturated heterocycles. The molecule has 2 aliphatic carbocycles. The van der Waals surface area contributed by atoms with Crippen LogP contribution < -0.4 is 9.63 Å². The minimum Gasteiger partial charge on any atom is -0.756 e. The molecular formula is C33H42O7P-. The first-order chi connectivity index (χ1) is 19.5. The van der Waals surface area contributed by atoms with Gasteiger partial charge in [-0.05, 0) is 88.0 Å². The number of phosphoric ester groups is 1. The number of phosphoric acid groups is 1. The fourth-order valence-corrected chi connectivity index (χ4v) is 6.75. The van der Waals surface area contributed by atoms with Crippen LogP contribution in [0.3, 0.4) is 0 Å². The molecule has 8 heteroatoms. The van der Waals surface area contributed by atoms with Crippen LogP contribution in [0.25, 0.3) is 0 Å². The van der Waals surface area contributed by atoms with E-state index in [1.165, 1.54) is 5.57 Å². The Morgan fingerprint density at radius 3 is 2.54 bits per heavy atom. The number of aromatic hydroxyl groups is 1. The molecule has 0 spiro atoms. The molecule has 1 unspecified atom stereocenters. The highest BCUT2D eigenvalue weighted by Crippen LogP contribution is 2.52. The van der Waals surface area contributed by atoms with E-state index in [2.05, 4.69) is 26.5 Å². The van der Waals surface area contributed by atoms with Gasteiger partial charge in [0.15, 0.2) is 5.60 Å². The van der Waals surface area contributed by atoms with Crippen molar-refractivity contribution in [2.75, 3.05) is 0 Å². The highest BCUT2D eigenvalue weighted by molar-refractivity contribution is 7.45. The molecule has 0 radical (unpaired) electrons. The van der Waals surface area contributed by atoms with Crippen LogP contribution in [-0.4, -0.2) is 16.7 Å². The second kappa shape index (κ2) is 13.5. The van der Waals surface area contributed by atoms with Crippen molar-refractivity contribution < 1.29 is 33.1 Å². The van der Waals surface area contributed by atoms with Crippen molar-refractivity contribution in [1.82, 2.24) is 0 Å². The number of carbonyl (C=O) groups is 1. The van der Waals surface area contributed by atoms with Crippen LogP contribution >= 0.6 is 7.82 Å². The summed E-state index contributed by atoms with van der Waals surface area (Å²) >= 11 is 0. The molecule has 1 fully saturated rings. The number of rotatable bonds is 13. The third kappa shape index (κ3) is 7.78. The van der Waals surface area contributed by atoms with Gasteiger partial charge in [-0.15, -0.1) is 0 Å². The lowest BCUT2D eigenvalue weighted by Crippen LogP contribution is -2.50. The lowest BCUT2D eigenvalue weighted by atomic mass is 9.73. The minimum absolute atomic E-state index is 0.0632. The van der Waals surface area contributed by atoms with Crippen molar-refractivity contribution in [1.29, 1.82) is 0 Å². The second-order valence-corrected chi connectivity index (χ2v) is 12.9. The molecule has 1 N–H and O–H groups in total. The molecule has 2 aromatic carbocycles. The lowest BCUT2D eigenvalue weighted by molar-refractivity contribution is -0.244. The maximum Gasteiger partial charge on any atom is 0.344 e. The zero-order chi connectivity index (χ0) is 29.6. The summed E-state index contributed by atoms with van der Waals surface area (Å²) < 4.78 is 29.4. The van der Waals surface area contributed by atoms with E-state index in [0.29, 0.717) is 17.5 Å². The van der Waals surface area contributed by atoms with Crippen LogP contribution in [0.1, 0.15) is 94.7 Å². The Morgan fingerprint density at radius 2 is 1.90 bits per heavy atom. The molecule has 2 aromatic rings. The van der Waals surface area contributed by atoms with Crippen LogP contribution in [0, 0.1) is 5.92 Å². The van der Waals surface area contributed by atoms with E-state index in [1.807, 2.05) is 19.1 Å². The molecule has 3 atom stereocenters. The molecule has 7 nitrogen and oxygen atoms in total. The molecule has 41 heavy (non-hydrogen) atoms. The number of benzene rings is 2. The number of esters is 1. The third-order valence-electron chi connectivity index (χ3n) is 8.22. The fourth-order valence-electron chi connectivity index (χ4n) is 5.71. The van der Waals surface area contributed by atoms with Gasteiger partial charge in [0.25, 0.3) is 7.82 Å². The molecule has 0 aliphatic heterocycles. The van der Waals surface area contributed by atoms with Gasteiger partial charge in [0.05, 0.1) is 6.61 Å². The zero-order valence-corrected chi connectivity index (χ0v) is 25.3. The maximum atomic E-state index is 13.7. The van der Waals surface area contributed by atoms with Gasteiger partial charge < -0.3 is 19.3 Å². The summed E-state index contributed by atoms with van der Waals surface area (Å²) in [6.07, 6.45) is 8.68. The molecule has 4 rings (SSSR count). The van der Waals surface area contributed by atoms with Gasteiger partial charge in [0.1, 0.15) is 11.5 Å². The molecule has 0 aromatic heterocycles. The summed E-state index contributed by atoms with van der Waals surface area (Å²) in [6, 6.07) is 12.4. The van der Waals surface area contributed by atoms with Crippen molar-refractivity contribution in [2.24, 2.45) is 5.92 Å². The topological polar surface area (TPSA) is 105 Å². The van der Waals surface area contributed by atoms with E-state index in [-0.39, 0.29) is 42.8 Å². The first-order valence-corrected chi connectivity index (χ1v) is 16.1. The van der Waals surface area contributed by atoms with Gasteiger partial charge >= 0.3 is 5.97 Å². The van der Waals surface area contributed by atoms with E-state index >= 15 is 0 Å². The summed E-state index contributed by atoms with van der Waals surface area (Å²) in [5, 5.41) is 11.3. The van der Waals surface area contributed by atoms with Crippen molar-refractivity contribution >= 4 is 13.8 Å². The van der Waals surface area contributed by atoms with E-state index < -0.39 is 19.4 Å². The highest BCUT2D eigenvalue weighted by Gasteiger charge is 2.50. The van der Waals surface area contributed by atoms with Gasteiger partial charge in [0, 0.05) is 11.5 Å². The van der Waals surface area contributed by atoms with Crippen molar-refractivity contribution in [3.05, 3.63) is 83.0 Å². The van der Waals surface area contributed by atoms with E-state index in [4.69, 9.17) is 13.8 Å². The number of hydrogen-bond donors (Lipinski definition) is 1. The van der Waals surface area contributed by atoms with E-state index in [1.54, 1.807) is 30.3 Å². The summed E-state index contributed by atoms with van der Waals surface area (Å²) in [5.74, 6) is -0.655. The van der Waals surface area contributed by atoms with Gasteiger partial charge in [-0.3, -0.25) is 9.09 Å². The summed E-state index contributed by atoms with van der Waals surface area (Å²) in [6.45, 7) is 10.2. The van der Waals surface area contributed by atoms with Crippen LogP contribution in [0.15, 0.2) is 66.3 Å². The number of unbranched alkanes of at least 4 members (excludes halogenated alkanes) is 2. The van der Waals surface area contributed by atoms with Gasteiger partial charge in [-0.25, -0.2) is 4.79 Å². The first kappa shape index (κ1) is 31.2. The normalized spacial score (nSPS) is 21.3. The average molecular weight is 582 g/mol. The average Bonchev–Trinajstić information content (AvgIpc) is 2.90. The Balaban J connectivity index is 1.63.